The second kappa shape index (κ2) is 10.9. The number of benzene rings is 2. The first-order valence-electron chi connectivity index (χ1n) is 12.2. The molecule has 2 heterocycles. The van der Waals surface area contributed by atoms with Crippen molar-refractivity contribution in [2.45, 2.75) is 57.1 Å². The standard InChI is InChI=1S/C27H32N2O6Si/c1-3-4-15-36(21-11-7-5-8-12-21,22-13-9-6-10-14-22)34-18-23-27(33,19-30)16-24(35-23)29-17-20(2)25(31)28-26(29)32/h5-14,17,19,23-24,33H,3-4,15-16,18H2,1-2H3,(H,28,31,32)/t23-,24-,27-/m1/s1. The predicted octanol–water partition coefficient (Wildman–Crippen LogP) is 1.64. The molecular weight excluding hydrogens is 476 g/mol. The molecule has 4 rings (SSSR count). The minimum Gasteiger partial charge on any atom is -0.405 e. The molecule has 0 amide bonds. The highest BCUT2D eigenvalue weighted by atomic mass is 28.4. The highest BCUT2D eigenvalue weighted by molar-refractivity contribution is 6.97. The lowest BCUT2D eigenvalue weighted by molar-refractivity contribution is -0.132. The molecule has 2 N–H and O–H groups in total. The van der Waals surface area contributed by atoms with E-state index in [4.69, 9.17) is 9.16 Å². The molecule has 190 valence electrons. The number of carbonyl (C=O) groups excluding carboxylic acids is 1. The van der Waals surface area contributed by atoms with Crippen molar-refractivity contribution in [3.63, 3.8) is 0 Å². The number of unbranched alkanes of at least 4 members (excludes halogenated alkanes) is 1. The number of aryl methyl sites for hydroxylation is 1. The predicted molar refractivity (Wildman–Crippen MR) is 139 cm³/mol. The van der Waals surface area contributed by atoms with Crippen LogP contribution in [0.3, 0.4) is 0 Å². The van der Waals surface area contributed by atoms with Gasteiger partial charge in [0.15, 0.2) is 11.9 Å². The number of carbonyl (C=O) groups is 1. The van der Waals surface area contributed by atoms with E-state index < -0.39 is 37.5 Å². The zero-order valence-corrected chi connectivity index (χ0v) is 21.6. The normalized spacial score (nSPS) is 22.0. The van der Waals surface area contributed by atoms with Gasteiger partial charge in [-0.3, -0.25) is 14.3 Å². The van der Waals surface area contributed by atoms with Crippen LogP contribution in [0.5, 0.6) is 0 Å². The number of aromatic amines is 1. The van der Waals surface area contributed by atoms with Crippen LogP contribution < -0.4 is 21.6 Å². The van der Waals surface area contributed by atoms with Crippen molar-refractivity contribution in [2.75, 3.05) is 6.61 Å². The first kappa shape index (κ1) is 26.0. The molecule has 0 radical (unpaired) electrons. The lowest BCUT2D eigenvalue weighted by Gasteiger charge is -2.35. The highest BCUT2D eigenvalue weighted by Gasteiger charge is 2.50. The van der Waals surface area contributed by atoms with Crippen LogP contribution in [0.25, 0.3) is 0 Å². The van der Waals surface area contributed by atoms with E-state index in [1.807, 2.05) is 36.4 Å². The van der Waals surface area contributed by atoms with Gasteiger partial charge in [0.05, 0.1) is 6.61 Å². The Morgan fingerprint density at radius 2 is 1.75 bits per heavy atom. The number of H-pyrrole nitrogens is 1. The number of nitrogens with one attached hydrogen (secondary N) is 1. The van der Waals surface area contributed by atoms with E-state index in [-0.39, 0.29) is 13.0 Å². The van der Waals surface area contributed by atoms with Gasteiger partial charge in [0, 0.05) is 18.2 Å². The average Bonchev–Trinajstić information content (AvgIpc) is 3.24. The van der Waals surface area contributed by atoms with E-state index >= 15 is 0 Å². The van der Waals surface area contributed by atoms with E-state index in [0.29, 0.717) is 11.8 Å². The third-order valence-corrected chi connectivity index (χ3v) is 11.1. The second-order valence-corrected chi connectivity index (χ2v) is 12.9. The molecule has 1 aromatic heterocycles. The fourth-order valence-electron chi connectivity index (χ4n) is 4.79. The van der Waals surface area contributed by atoms with Gasteiger partial charge in [-0.2, -0.15) is 0 Å². The van der Waals surface area contributed by atoms with Crippen LogP contribution in [-0.2, 0) is 14.0 Å². The van der Waals surface area contributed by atoms with Crippen LogP contribution in [0.15, 0.2) is 76.4 Å². The first-order chi connectivity index (χ1) is 17.3. The summed E-state index contributed by atoms with van der Waals surface area (Å²) in [6.07, 6.45) is 1.76. The Bertz CT molecular complexity index is 1250. The summed E-state index contributed by atoms with van der Waals surface area (Å²) in [5.74, 6) is 0. The number of aromatic nitrogens is 2. The molecule has 3 atom stereocenters. The summed E-state index contributed by atoms with van der Waals surface area (Å²) in [6, 6.07) is 21.0. The van der Waals surface area contributed by atoms with Crippen LogP contribution in [0.1, 0.15) is 38.0 Å². The molecule has 1 aliphatic heterocycles. The minimum absolute atomic E-state index is 0.0252. The van der Waals surface area contributed by atoms with E-state index in [1.165, 1.54) is 10.8 Å². The van der Waals surface area contributed by atoms with Gasteiger partial charge in [0.2, 0.25) is 0 Å². The molecular formula is C27H32N2O6Si. The zero-order chi connectivity index (χ0) is 25.8. The highest BCUT2D eigenvalue weighted by Crippen LogP contribution is 2.35. The monoisotopic (exact) mass is 508 g/mol. The van der Waals surface area contributed by atoms with Crippen molar-refractivity contribution in [3.05, 3.63) is 93.3 Å². The van der Waals surface area contributed by atoms with E-state index in [2.05, 4.69) is 36.2 Å². The first-order valence-corrected chi connectivity index (χ1v) is 14.4. The van der Waals surface area contributed by atoms with Crippen LogP contribution in [-0.4, -0.2) is 47.6 Å². The van der Waals surface area contributed by atoms with Gasteiger partial charge in [0.1, 0.15) is 12.3 Å². The Hall–Kier alpha value is -3.11. The number of aliphatic hydroxyl groups is 1. The van der Waals surface area contributed by atoms with Gasteiger partial charge in [-0.1, -0.05) is 80.4 Å². The number of rotatable bonds is 10. The van der Waals surface area contributed by atoms with E-state index in [9.17, 15) is 19.5 Å². The third kappa shape index (κ3) is 5.05. The summed E-state index contributed by atoms with van der Waals surface area (Å²) in [5.41, 5.74) is -2.67. The van der Waals surface area contributed by atoms with Gasteiger partial charge in [-0.15, -0.1) is 0 Å². The smallest absolute Gasteiger partial charge is 0.330 e. The summed E-state index contributed by atoms with van der Waals surface area (Å²) in [7, 11) is -2.76. The second-order valence-electron chi connectivity index (χ2n) is 9.34. The molecule has 9 heteroatoms. The van der Waals surface area contributed by atoms with Crippen LogP contribution in [0.2, 0.25) is 6.04 Å². The fraction of sp³-hybridized carbons (Fsp3) is 0.370. The van der Waals surface area contributed by atoms with Crippen molar-refractivity contribution in [2.24, 2.45) is 0 Å². The lowest BCUT2D eigenvalue weighted by atomic mass is 9.97. The minimum atomic E-state index is -2.76. The summed E-state index contributed by atoms with van der Waals surface area (Å²) in [4.78, 5) is 38.5. The molecule has 0 aliphatic carbocycles. The maximum absolute atomic E-state index is 12.4. The topological polar surface area (TPSA) is 111 Å². The SMILES string of the molecule is CCCC[Si](OC[C@H]1O[C@@H](n2cc(C)c(=O)[nH]c2=O)C[C@@]1(O)C=O)(c1ccccc1)c1ccccc1. The van der Waals surface area contributed by atoms with Crippen molar-refractivity contribution < 1.29 is 19.1 Å². The molecule has 2 aromatic carbocycles. The quantitative estimate of drug-likeness (QED) is 0.318. The largest absolute Gasteiger partial charge is 0.405 e. The Balaban J connectivity index is 1.68. The van der Waals surface area contributed by atoms with E-state index in [0.717, 1.165) is 29.3 Å². The zero-order valence-electron chi connectivity index (χ0n) is 20.6. The number of ether oxygens (including phenoxy) is 1. The maximum atomic E-state index is 12.4. The van der Waals surface area contributed by atoms with Crippen LogP contribution in [0.4, 0.5) is 0 Å². The van der Waals surface area contributed by atoms with E-state index in [1.54, 1.807) is 6.92 Å². The molecule has 1 fully saturated rings. The lowest BCUT2D eigenvalue weighted by Crippen LogP contribution is -2.62. The van der Waals surface area contributed by atoms with Gasteiger partial charge in [-0.05, 0) is 23.3 Å². The van der Waals surface area contributed by atoms with Gasteiger partial charge in [-0.25, -0.2) is 4.79 Å². The number of nitrogens with zero attached hydrogens (tertiary/aromatic N) is 1. The molecule has 8 nitrogen and oxygen atoms in total. The molecule has 3 aromatic rings. The molecule has 1 saturated heterocycles. The molecule has 0 bridgehead atoms. The molecule has 1 aliphatic rings. The van der Waals surface area contributed by atoms with Gasteiger partial charge in [0.25, 0.3) is 13.9 Å². The third-order valence-electron chi connectivity index (χ3n) is 6.88. The van der Waals surface area contributed by atoms with Crippen molar-refractivity contribution in [1.82, 2.24) is 9.55 Å². The van der Waals surface area contributed by atoms with Crippen molar-refractivity contribution >= 4 is 25.0 Å². The van der Waals surface area contributed by atoms with Crippen molar-refractivity contribution in [1.29, 1.82) is 0 Å². The summed E-state index contributed by atoms with van der Waals surface area (Å²) < 4.78 is 14.1. The summed E-state index contributed by atoms with van der Waals surface area (Å²) in [6.45, 7) is 3.68. The summed E-state index contributed by atoms with van der Waals surface area (Å²) >= 11 is 0. The van der Waals surface area contributed by atoms with Gasteiger partial charge < -0.3 is 19.1 Å². The number of aldehydes is 1. The molecule has 0 spiro atoms. The summed E-state index contributed by atoms with van der Waals surface area (Å²) in [5, 5.41) is 13.4. The van der Waals surface area contributed by atoms with Crippen LogP contribution in [0, 0.1) is 6.92 Å². The number of hydrogen-bond acceptors (Lipinski definition) is 6. The Morgan fingerprint density at radius 1 is 1.14 bits per heavy atom. The molecule has 36 heavy (non-hydrogen) atoms. The van der Waals surface area contributed by atoms with Crippen LogP contribution >= 0.6 is 0 Å². The van der Waals surface area contributed by atoms with Gasteiger partial charge >= 0.3 is 5.69 Å². The Labute approximate surface area is 210 Å². The Morgan fingerprint density at radius 3 is 2.31 bits per heavy atom. The maximum Gasteiger partial charge on any atom is 0.330 e. The number of hydrogen-bond donors (Lipinski definition) is 2. The average molecular weight is 509 g/mol. The van der Waals surface area contributed by atoms with Crippen molar-refractivity contribution in [3.8, 4) is 0 Å². The fourth-order valence-corrected chi connectivity index (χ4v) is 8.93. The Kier molecular flexibility index (Phi) is 7.84. The molecule has 0 unspecified atom stereocenters. The molecule has 0 saturated carbocycles.